The molecule has 0 aliphatic heterocycles. The van der Waals surface area contributed by atoms with Crippen molar-refractivity contribution < 1.29 is 26.3 Å². The fourth-order valence-corrected chi connectivity index (χ4v) is 1.45. The first-order valence-electron chi connectivity index (χ1n) is 4.99. The molecule has 0 unspecified atom stereocenters. The minimum Gasteiger partial charge on any atom is -0.165 e. The van der Waals surface area contributed by atoms with Crippen molar-refractivity contribution in [3.05, 3.63) is 45.5 Å². The van der Waals surface area contributed by atoms with Crippen LogP contribution in [-0.2, 0) is 0 Å². The van der Waals surface area contributed by atoms with E-state index in [9.17, 15) is 26.3 Å². The molecule has 0 fully saturated rings. The average Bonchev–Trinajstić information content (AvgIpc) is 2.26. The predicted octanol–water partition coefficient (Wildman–Crippen LogP) is 5.97. The second-order valence-corrected chi connectivity index (χ2v) is 4.46. The van der Waals surface area contributed by atoms with E-state index < -0.39 is 22.4 Å². The van der Waals surface area contributed by atoms with Crippen LogP contribution in [0.1, 0.15) is 11.1 Å². The summed E-state index contributed by atoms with van der Waals surface area (Å²) in [4.78, 5) is 0. The van der Waals surface area contributed by atoms with Gasteiger partial charge in [0.15, 0.2) is 0 Å². The van der Waals surface area contributed by atoms with Crippen molar-refractivity contribution in [1.82, 2.24) is 0 Å². The molecule has 0 spiro atoms. The van der Waals surface area contributed by atoms with E-state index in [1.165, 1.54) is 18.2 Å². The van der Waals surface area contributed by atoms with Crippen LogP contribution in [0.2, 0.25) is 0 Å². The van der Waals surface area contributed by atoms with Crippen molar-refractivity contribution in [2.45, 2.75) is 12.4 Å². The molecule has 0 atom stereocenters. The molecule has 0 N–H and O–H groups in total. The molecule has 8 heteroatoms. The van der Waals surface area contributed by atoms with E-state index >= 15 is 0 Å². The largest absolute Gasteiger partial charge is 0.426 e. The number of hydrogen-bond donors (Lipinski definition) is 0. The van der Waals surface area contributed by atoms with Crippen molar-refractivity contribution in [3.8, 4) is 0 Å². The Bertz CT molecular complexity index is 494. The van der Waals surface area contributed by atoms with Crippen molar-refractivity contribution >= 4 is 35.4 Å². The maximum atomic E-state index is 12.2. The third kappa shape index (κ3) is 5.09. The Morgan fingerprint density at radius 1 is 0.800 bits per heavy atom. The lowest BCUT2D eigenvalue weighted by Crippen LogP contribution is -2.07. The van der Waals surface area contributed by atoms with Crippen LogP contribution in [0.15, 0.2) is 34.3 Å². The molecule has 20 heavy (non-hydrogen) atoms. The Balaban J connectivity index is 3.10. The molecule has 1 rings (SSSR count). The Morgan fingerprint density at radius 3 is 1.45 bits per heavy atom. The summed E-state index contributed by atoms with van der Waals surface area (Å²) in [5.74, 6) is 0. The molecule has 0 aliphatic carbocycles. The number of rotatable bonds is 2. The monoisotopic (exact) mass is 334 g/mol. The number of allylic oxidation sites excluding steroid dienone is 2. The van der Waals surface area contributed by atoms with Gasteiger partial charge in [-0.15, -0.1) is 0 Å². The molecule has 0 aromatic heterocycles. The van der Waals surface area contributed by atoms with Crippen molar-refractivity contribution in [3.63, 3.8) is 0 Å². The molecule has 1 aromatic carbocycles. The van der Waals surface area contributed by atoms with Gasteiger partial charge in [-0.25, -0.2) is 0 Å². The molecule has 0 nitrogen and oxygen atoms in total. The second-order valence-electron chi connectivity index (χ2n) is 3.65. The molecule has 0 amide bonds. The standard InChI is InChI=1S/C12H6Cl2F6/c13-9(11(15,16)17)5-7-2-1-3-8(4-7)6-10(14)12(18,19)20/h1-6H/b9-5-,10-6+. The third-order valence-corrected chi connectivity index (χ3v) is 2.69. The van der Waals surface area contributed by atoms with Crippen LogP contribution in [0.3, 0.4) is 0 Å². The first kappa shape index (κ1) is 16.9. The summed E-state index contributed by atoms with van der Waals surface area (Å²) in [6, 6.07) is 4.93. The highest BCUT2D eigenvalue weighted by molar-refractivity contribution is 6.32. The van der Waals surface area contributed by atoms with Crippen LogP contribution in [0.25, 0.3) is 12.2 Å². The van der Waals surface area contributed by atoms with E-state index in [4.69, 9.17) is 23.2 Å². The minimum absolute atomic E-state index is 0.00714. The van der Waals surface area contributed by atoms with Crippen LogP contribution >= 0.6 is 23.2 Å². The Labute approximate surface area is 120 Å². The van der Waals surface area contributed by atoms with Crippen molar-refractivity contribution in [2.24, 2.45) is 0 Å². The predicted molar refractivity (Wildman–Crippen MR) is 66.2 cm³/mol. The summed E-state index contributed by atoms with van der Waals surface area (Å²) in [5, 5.41) is -2.75. The highest BCUT2D eigenvalue weighted by Gasteiger charge is 2.33. The van der Waals surface area contributed by atoms with E-state index in [-0.39, 0.29) is 11.1 Å². The molecule has 0 heterocycles. The van der Waals surface area contributed by atoms with E-state index in [0.717, 1.165) is 6.07 Å². The van der Waals surface area contributed by atoms with Gasteiger partial charge < -0.3 is 0 Å². The maximum absolute atomic E-state index is 12.2. The average molecular weight is 335 g/mol. The fraction of sp³-hybridized carbons (Fsp3) is 0.167. The van der Waals surface area contributed by atoms with E-state index in [0.29, 0.717) is 12.2 Å². The maximum Gasteiger partial charge on any atom is 0.426 e. The smallest absolute Gasteiger partial charge is 0.165 e. The molecular formula is C12H6Cl2F6. The lowest BCUT2D eigenvalue weighted by Gasteiger charge is -2.06. The molecule has 0 radical (unpaired) electrons. The van der Waals surface area contributed by atoms with E-state index in [2.05, 4.69) is 0 Å². The summed E-state index contributed by atoms with van der Waals surface area (Å²) in [5.41, 5.74) is 0.0143. The third-order valence-electron chi connectivity index (χ3n) is 2.04. The molecule has 0 saturated heterocycles. The minimum atomic E-state index is -4.71. The van der Waals surface area contributed by atoms with Gasteiger partial charge in [0.1, 0.15) is 10.1 Å². The summed E-state index contributed by atoms with van der Waals surface area (Å²) < 4.78 is 73.3. The SMILES string of the molecule is FC(F)(F)/C(Cl)=C/c1cccc(/C=C(/Cl)C(F)(F)F)c1. The molecule has 1 aromatic rings. The number of halogens is 8. The molecule has 0 aliphatic rings. The quantitative estimate of drug-likeness (QED) is 0.584. The Hall–Kier alpha value is -1.14. The lowest BCUT2D eigenvalue weighted by atomic mass is 10.1. The van der Waals surface area contributed by atoms with Gasteiger partial charge in [0.2, 0.25) is 0 Å². The second kappa shape index (κ2) is 6.10. The zero-order valence-electron chi connectivity index (χ0n) is 9.49. The molecule has 0 bridgehead atoms. The summed E-state index contributed by atoms with van der Waals surface area (Å²) >= 11 is 10.1. The Kier molecular flexibility index (Phi) is 5.15. The van der Waals surface area contributed by atoms with Crippen LogP contribution in [0.5, 0.6) is 0 Å². The van der Waals surface area contributed by atoms with Gasteiger partial charge in [0, 0.05) is 0 Å². The van der Waals surface area contributed by atoms with Gasteiger partial charge >= 0.3 is 12.4 Å². The fourth-order valence-electron chi connectivity index (χ4n) is 1.19. The van der Waals surface area contributed by atoms with E-state index in [1.54, 1.807) is 0 Å². The van der Waals surface area contributed by atoms with Crippen LogP contribution in [0.4, 0.5) is 26.3 Å². The Morgan fingerprint density at radius 2 is 1.15 bits per heavy atom. The molecule has 110 valence electrons. The number of hydrogen-bond acceptors (Lipinski definition) is 0. The van der Waals surface area contributed by atoms with Gasteiger partial charge in [0.25, 0.3) is 0 Å². The van der Waals surface area contributed by atoms with Gasteiger partial charge in [-0.2, -0.15) is 26.3 Å². The normalized spacial score (nSPS) is 14.6. The van der Waals surface area contributed by atoms with Gasteiger partial charge in [-0.05, 0) is 29.3 Å². The van der Waals surface area contributed by atoms with Gasteiger partial charge in [0.05, 0.1) is 0 Å². The lowest BCUT2D eigenvalue weighted by molar-refractivity contribution is -0.0845. The summed E-state index contributed by atoms with van der Waals surface area (Å²) in [7, 11) is 0. The number of benzene rings is 1. The van der Waals surface area contributed by atoms with Crippen LogP contribution in [0, 0.1) is 0 Å². The molecule has 0 saturated carbocycles. The topological polar surface area (TPSA) is 0 Å². The van der Waals surface area contributed by atoms with Gasteiger partial charge in [-0.3, -0.25) is 0 Å². The highest BCUT2D eigenvalue weighted by atomic mass is 35.5. The van der Waals surface area contributed by atoms with E-state index in [1.807, 2.05) is 0 Å². The zero-order chi connectivity index (χ0) is 15.6. The van der Waals surface area contributed by atoms with Crippen molar-refractivity contribution in [2.75, 3.05) is 0 Å². The highest BCUT2D eigenvalue weighted by Crippen LogP contribution is 2.32. The summed E-state index contributed by atoms with van der Waals surface area (Å²) in [6.45, 7) is 0. The first-order chi connectivity index (χ1) is 9.00. The van der Waals surface area contributed by atoms with Crippen LogP contribution < -0.4 is 0 Å². The van der Waals surface area contributed by atoms with Gasteiger partial charge in [-0.1, -0.05) is 41.4 Å². The first-order valence-corrected chi connectivity index (χ1v) is 5.74. The number of alkyl halides is 6. The summed E-state index contributed by atoms with van der Waals surface area (Å²) in [6.07, 6.45) is -8.20. The van der Waals surface area contributed by atoms with Crippen LogP contribution in [-0.4, -0.2) is 12.4 Å². The zero-order valence-corrected chi connectivity index (χ0v) is 11.0. The van der Waals surface area contributed by atoms with Crippen molar-refractivity contribution in [1.29, 1.82) is 0 Å². The molecular weight excluding hydrogens is 329 g/mol.